The van der Waals surface area contributed by atoms with Crippen molar-refractivity contribution < 1.29 is 31.9 Å². The zero-order chi connectivity index (χ0) is 29.2. The van der Waals surface area contributed by atoms with Gasteiger partial charge in [0.05, 0.1) is 0 Å². The molecule has 218 valence electrons. The molecule has 0 bridgehead atoms. The van der Waals surface area contributed by atoms with E-state index in [2.05, 4.69) is 0 Å². The van der Waals surface area contributed by atoms with Gasteiger partial charge in [-0.15, -0.1) is 0 Å². The fraction of sp³-hybridized carbons (Fsp3) is 0.500. The molecule has 0 spiro atoms. The minimum Gasteiger partial charge on any atom is -0.487 e. The van der Waals surface area contributed by atoms with Crippen molar-refractivity contribution in [1.29, 1.82) is 0 Å². The first kappa shape index (κ1) is 29.6. The summed E-state index contributed by atoms with van der Waals surface area (Å²) in [7, 11) is -4.27. The number of nitrogens with zero attached hydrogens (tertiary/aromatic N) is 3. The maximum atomic E-state index is 16.2. The molecule has 0 saturated carbocycles. The van der Waals surface area contributed by atoms with E-state index in [1.165, 1.54) is 0 Å². The van der Waals surface area contributed by atoms with Crippen LogP contribution in [0.5, 0.6) is 5.75 Å². The second-order valence-electron chi connectivity index (χ2n) is 11.3. The quantitative estimate of drug-likeness (QED) is 0.512. The molecule has 40 heavy (non-hydrogen) atoms. The Balaban J connectivity index is 1.59. The summed E-state index contributed by atoms with van der Waals surface area (Å²) in [6, 6.07) is 10.8. The molecule has 4 rings (SSSR count). The van der Waals surface area contributed by atoms with Crippen molar-refractivity contribution in [3.05, 3.63) is 58.9 Å². The molecule has 2 aromatic rings. The van der Waals surface area contributed by atoms with Crippen LogP contribution in [0.25, 0.3) is 0 Å². The van der Waals surface area contributed by atoms with Gasteiger partial charge in [0.2, 0.25) is 0 Å². The van der Waals surface area contributed by atoms with E-state index in [0.717, 1.165) is 9.87 Å². The Morgan fingerprint density at radius 1 is 1.18 bits per heavy atom. The van der Waals surface area contributed by atoms with Crippen LogP contribution in [0.1, 0.15) is 51.3 Å². The van der Waals surface area contributed by atoms with Crippen LogP contribution in [0.3, 0.4) is 0 Å². The van der Waals surface area contributed by atoms with Crippen molar-refractivity contribution in [2.24, 2.45) is 0 Å². The minimum atomic E-state index is -4.27. The zero-order valence-electron chi connectivity index (χ0n) is 23.6. The molecule has 0 aliphatic carbocycles. The monoisotopic (exact) mass is 576 g/mol. The fourth-order valence-corrected chi connectivity index (χ4v) is 5.89. The highest BCUT2D eigenvalue weighted by Crippen LogP contribution is 2.40. The average Bonchev–Trinajstić information content (AvgIpc) is 3.13. The van der Waals surface area contributed by atoms with Crippen molar-refractivity contribution in [3.8, 4) is 5.75 Å². The van der Waals surface area contributed by atoms with E-state index in [1.54, 1.807) is 11.0 Å². The molecule has 1 saturated heterocycles. The maximum absolute atomic E-state index is 16.2. The van der Waals surface area contributed by atoms with Crippen LogP contribution in [0.2, 0.25) is 0 Å². The number of rotatable bonds is 8. The molecular weight excluding hydrogens is 539 g/mol. The van der Waals surface area contributed by atoms with Crippen LogP contribution < -0.4 is 13.8 Å². The third kappa shape index (κ3) is 6.84. The van der Waals surface area contributed by atoms with E-state index in [4.69, 9.17) is 9.47 Å². The van der Waals surface area contributed by atoms with Crippen LogP contribution in [0, 0.1) is 5.82 Å². The first-order chi connectivity index (χ1) is 18.7. The lowest BCUT2D eigenvalue weighted by atomic mass is 9.97. The Hall–Kier alpha value is -3.38. The average molecular weight is 577 g/mol. The summed E-state index contributed by atoms with van der Waals surface area (Å²) in [6.45, 7) is 10.5. The van der Waals surface area contributed by atoms with Crippen LogP contribution in [-0.2, 0) is 39.3 Å². The Morgan fingerprint density at radius 2 is 1.88 bits per heavy atom. The lowest BCUT2D eigenvalue weighted by Crippen LogP contribution is -2.45. The van der Waals surface area contributed by atoms with Crippen molar-refractivity contribution in [2.75, 3.05) is 30.5 Å². The SMILES string of the molecule is CC(C)N(CCN1CCc2cc(OCc3ccccc3)c(N3CC(=O)NS3(=O)=O)c(F)c2C1)C(=O)OC(C)(C)C. The number of halogens is 1. The van der Waals surface area contributed by atoms with Crippen molar-refractivity contribution in [1.82, 2.24) is 14.5 Å². The van der Waals surface area contributed by atoms with Crippen LogP contribution in [0.4, 0.5) is 14.9 Å². The number of ether oxygens (including phenoxy) is 2. The van der Waals surface area contributed by atoms with E-state index in [-0.39, 0.29) is 30.6 Å². The third-order valence-electron chi connectivity index (χ3n) is 6.69. The number of fused-ring (bicyclic) bond motifs is 1. The summed E-state index contributed by atoms with van der Waals surface area (Å²) in [5.41, 5.74) is 0.976. The molecule has 12 heteroatoms. The smallest absolute Gasteiger partial charge is 0.410 e. The number of carbonyl (C=O) groups is 2. The lowest BCUT2D eigenvalue weighted by Gasteiger charge is -2.34. The molecule has 2 aliphatic heterocycles. The van der Waals surface area contributed by atoms with Gasteiger partial charge in [-0.1, -0.05) is 30.3 Å². The van der Waals surface area contributed by atoms with E-state index in [9.17, 15) is 18.0 Å². The van der Waals surface area contributed by atoms with Gasteiger partial charge in [-0.25, -0.2) is 18.2 Å². The number of amides is 2. The Labute approximate surface area is 235 Å². The molecular formula is C28H37FN4O6S. The Morgan fingerprint density at radius 3 is 2.48 bits per heavy atom. The van der Waals surface area contributed by atoms with E-state index >= 15 is 4.39 Å². The van der Waals surface area contributed by atoms with Crippen LogP contribution >= 0.6 is 0 Å². The van der Waals surface area contributed by atoms with Gasteiger partial charge in [0.15, 0.2) is 5.82 Å². The van der Waals surface area contributed by atoms with Gasteiger partial charge in [0.1, 0.15) is 30.2 Å². The molecule has 0 unspecified atom stereocenters. The van der Waals surface area contributed by atoms with E-state index in [1.807, 2.05) is 74.6 Å². The fourth-order valence-electron chi connectivity index (χ4n) is 4.73. The van der Waals surface area contributed by atoms with Crippen LogP contribution in [0.15, 0.2) is 36.4 Å². The number of benzene rings is 2. The first-order valence-corrected chi connectivity index (χ1v) is 14.8. The molecule has 10 nitrogen and oxygen atoms in total. The summed E-state index contributed by atoms with van der Waals surface area (Å²) >= 11 is 0. The summed E-state index contributed by atoms with van der Waals surface area (Å²) in [5, 5.41) is 0. The topological polar surface area (TPSA) is 108 Å². The molecule has 0 radical (unpaired) electrons. The van der Waals surface area contributed by atoms with Gasteiger partial charge in [-0.2, -0.15) is 8.42 Å². The van der Waals surface area contributed by atoms with Gasteiger partial charge in [0.25, 0.3) is 5.91 Å². The van der Waals surface area contributed by atoms with Crippen LogP contribution in [-0.4, -0.2) is 68.0 Å². The normalized spacial score (nSPS) is 17.0. The highest BCUT2D eigenvalue weighted by molar-refractivity contribution is 7.92. The van der Waals surface area contributed by atoms with Gasteiger partial charge >= 0.3 is 16.3 Å². The molecule has 0 aromatic heterocycles. The molecule has 1 N–H and O–H groups in total. The Bertz CT molecular complexity index is 1360. The van der Waals surface area contributed by atoms with E-state index < -0.39 is 40.2 Å². The largest absolute Gasteiger partial charge is 0.487 e. The summed E-state index contributed by atoms with van der Waals surface area (Å²) in [6.07, 6.45) is 0.0942. The first-order valence-electron chi connectivity index (χ1n) is 13.3. The molecule has 2 aliphatic rings. The van der Waals surface area contributed by atoms with Crippen molar-refractivity contribution in [2.45, 2.75) is 65.8 Å². The van der Waals surface area contributed by atoms with Gasteiger partial charge < -0.3 is 14.4 Å². The summed E-state index contributed by atoms with van der Waals surface area (Å²) in [5.74, 6) is -1.42. The Kier molecular flexibility index (Phi) is 8.60. The molecule has 2 amide bonds. The van der Waals surface area contributed by atoms with Crippen molar-refractivity contribution >= 4 is 27.9 Å². The second kappa shape index (κ2) is 11.6. The zero-order valence-corrected chi connectivity index (χ0v) is 24.4. The summed E-state index contributed by atoms with van der Waals surface area (Å²) < 4.78 is 55.8. The number of nitrogens with one attached hydrogen (secondary N) is 1. The third-order valence-corrected chi connectivity index (χ3v) is 8.07. The number of hydrogen-bond donors (Lipinski definition) is 1. The summed E-state index contributed by atoms with van der Waals surface area (Å²) in [4.78, 5) is 28.4. The highest BCUT2D eigenvalue weighted by Gasteiger charge is 2.39. The standard InChI is InChI=1S/C28H37FN4O6S/c1-19(2)32(27(35)39-28(3,4)5)14-13-31-12-11-21-15-23(38-18-20-9-7-6-8-10-20)26(25(29)22(21)16-31)33-17-24(34)30-40(33,36)37/h6-10,15,19H,11-14,16-18H2,1-5H3,(H,30,34). The molecule has 0 atom stereocenters. The molecule has 1 fully saturated rings. The maximum Gasteiger partial charge on any atom is 0.410 e. The lowest BCUT2D eigenvalue weighted by molar-refractivity contribution is -0.117. The molecule has 2 heterocycles. The van der Waals surface area contributed by atoms with E-state index in [0.29, 0.717) is 37.2 Å². The number of carbonyl (C=O) groups excluding carboxylic acids is 2. The van der Waals surface area contributed by atoms with Crippen molar-refractivity contribution in [3.63, 3.8) is 0 Å². The highest BCUT2D eigenvalue weighted by atomic mass is 32.2. The van der Waals surface area contributed by atoms with Gasteiger partial charge in [0, 0.05) is 37.8 Å². The second-order valence-corrected chi connectivity index (χ2v) is 12.9. The minimum absolute atomic E-state index is 0.0598. The predicted molar refractivity (Wildman–Crippen MR) is 149 cm³/mol. The number of hydrogen-bond acceptors (Lipinski definition) is 7. The van der Waals surface area contributed by atoms with Gasteiger partial charge in [-0.05, 0) is 58.2 Å². The molecule has 2 aromatic carbocycles. The number of anilines is 1. The predicted octanol–water partition coefficient (Wildman–Crippen LogP) is 3.59. The van der Waals surface area contributed by atoms with Gasteiger partial charge in [-0.3, -0.25) is 9.69 Å².